The predicted octanol–water partition coefficient (Wildman–Crippen LogP) is 0.942. The summed E-state index contributed by atoms with van der Waals surface area (Å²) in [6.45, 7) is 3.72. The maximum absolute atomic E-state index is 11.8. The molecule has 0 atom stereocenters. The highest BCUT2D eigenvalue weighted by molar-refractivity contribution is 7.11. The fourth-order valence-corrected chi connectivity index (χ4v) is 2.55. The van der Waals surface area contributed by atoms with Gasteiger partial charge < -0.3 is 16.0 Å². The minimum absolute atomic E-state index is 0.138. The van der Waals surface area contributed by atoms with Gasteiger partial charge in [0.25, 0.3) is 5.91 Å². The number of hydrogen-bond acceptors (Lipinski definition) is 5. The first-order chi connectivity index (χ1) is 11.2. The molecule has 2 aromatic heterocycles. The fourth-order valence-electron chi connectivity index (χ4n) is 1.82. The number of carbonyl (C=O) groups is 1. The second kappa shape index (κ2) is 8.84. The highest BCUT2D eigenvalue weighted by atomic mass is 32.1. The fraction of sp³-hybridized carbons (Fsp3) is 0.333. The van der Waals surface area contributed by atoms with Crippen LogP contribution in [0.25, 0.3) is 0 Å². The number of aliphatic imine (C=N–C) groups is 1. The summed E-state index contributed by atoms with van der Waals surface area (Å²) < 4.78 is 0. The first kappa shape index (κ1) is 16.9. The normalized spacial score (nSPS) is 11.1. The Morgan fingerprint density at radius 3 is 2.74 bits per heavy atom. The molecule has 7 nitrogen and oxygen atoms in total. The SMILES string of the molecule is CN=C(NCCNC(=O)c1cccnc1)NCc1ncc(C)s1. The predicted molar refractivity (Wildman–Crippen MR) is 91.6 cm³/mol. The average molecular weight is 332 g/mol. The number of aryl methyl sites for hydroxylation is 1. The minimum atomic E-state index is -0.138. The molecule has 8 heteroatoms. The number of nitrogens with zero attached hydrogens (tertiary/aromatic N) is 3. The number of amides is 1. The minimum Gasteiger partial charge on any atom is -0.355 e. The van der Waals surface area contributed by atoms with E-state index in [0.717, 1.165) is 5.01 Å². The van der Waals surface area contributed by atoms with Crippen LogP contribution in [-0.2, 0) is 6.54 Å². The van der Waals surface area contributed by atoms with E-state index >= 15 is 0 Å². The van der Waals surface area contributed by atoms with Crippen molar-refractivity contribution in [2.24, 2.45) is 4.99 Å². The molecular weight excluding hydrogens is 312 g/mol. The molecule has 23 heavy (non-hydrogen) atoms. The molecular formula is C15H20N6OS. The largest absolute Gasteiger partial charge is 0.355 e. The molecule has 2 rings (SSSR count). The van der Waals surface area contributed by atoms with Gasteiger partial charge in [-0.1, -0.05) is 0 Å². The summed E-state index contributed by atoms with van der Waals surface area (Å²) >= 11 is 1.65. The molecule has 0 radical (unpaired) electrons. The molecule has 0 fully saturated rings. The van der Waals surface area contributed by atoms with Crippen LogP contribution in [0.5, 0.6) is 0 Å². The number of hydrogen-bond donors (Lipinski definition) is 3. The summed E-state index contributed by atoms with van der Waals surface area (Å²) in [4.78, 5) is 25.4. The quantitative estimate of drug-likeness (QED) is 0.416. The van der Waals surface area contributed by atoms with Crippen molar-refractivity contribution < 1.29 is 4.79 Å². The molecule has 2 heterocycles. The summed E-state index contributed by atoms with van der Waals surface area (Å²) in [5, 5.41) is 10.2. The Balaban J connectivity index is 1.67. The van der Waals surface area contributed by atoms with Crippen LogP contribution in [-0.4, -0.2) is 42.0 Å². The highest BCUT2D eigenvalue weighted by Crippen LogP contribution is 2.10. The van der Waals surface area contributed by atoms with Crippen LogP contribution in [0, 0.1) is 6.92 Å². The average Bonchev–Trinajstić information content (AvgIpc) is 3.00. The van der Waals surface area contributed by atoms with Gasteiger partial charge in [0, 0.05) is 43.6 Å². The Kier molecular flexibility index (Phi) is 6.49. The van der Waals surface area contributed by atoms with Crippen molar-refractivity contribution in [3.05, 3.63) is 46.2 Å². The number of thiazole rings is 1. The second-order valence-corrected chi connectivity index (χ2v) is 6.03. The van der Waals surface area contributed by atoms with Crippen molar-refractivity contribution in [1.29, 1.82) is 0 Å². The van der Waals surface area contributed by atoms with Gasteiger partial charge in [0.05, 0.1) is 12.1 Å². The van der Waals surface area contributed by atoms with Crippen molar-refractivity contribution in [2.45, 2.75) is 13.5 Å². The van der Waals surface area contributed by atoms with Gasteiger partial charge in [-0.2, -0.15) is 0 Å². The Morgan fingerprint density at radius 1 is 1.26 bits per heavy atom. The number of nitrogens with one attached hydrogen (secondary N) is 3. The van der Waals surface area contributed by atoms with E-state index in [-0.39, 0.29) is 5.91 Å². The van der Waals surface area contributed by atoms with E-state index in [9.17, 15) is 4.79 Å². The lowest BCUT2D eigenvalue weighted by Crippen LogP contribution is -2.41. The van der Waals surface area contributed by atoms with Gasteiger partial charge in [-0.05, 0) is 19.1 Å². The Hall–Kier alpha value is -2.48. The van der Waals surface area contributed by atoms with Gasteiger partial charge in [0.15, 0.2) is 5.96 Å². The first-order valence-electron chi connectivity index (χ1n) is 7.23. The molecule has 122 valence electrons. The van der Waals surface area contributed by atoms with Crippen molar-refractivity contribution in [3.8, 4) is 0 Å². The molecule has 0 aliphatic rings. The van der Waals surface area contributed by atoms with E-state index in [2.05, 4.69) is 30.9 Å². The molecule has 2 aromatic rings. The Bertz CT molecular complexity index is 655. The van der Waals surface area contributed by atoms with Crippen LogP contribution in [0.1, 0.15) is 20.2 Å². The summed E-state index contributed by atoms with van der Waals surface area (Å²) in [6, 6.07) is 3.46. The number of guanidine groups is 1. The van der Waals surface area contributed by atoms with Gasteiger partial charge in [-0.3, -0.25) is 14.8 Å². The monoisotopic (exact) mass is 332 g/mol. The molecule has 0 unspecified atom stereocenters. The zero-order valence-electron chi connectivity index (χ0n) is 13.2. The summed E-state index contributed by atoms with van der Waals surface area (Å²) in [5.41, 5.74) is 0.550. The molecule has 0 bridgehead atoms. The molecule has 0 spiro atoms. The van der Waals surface area contributed by atoms with Crippen LogP contribution >= 0.6 is 11.3 Å². The number of rotatable bonds is 6. The van der Waals surface area contributed by atoms with Gasteiger partial charge >= 0.3 is 0 Å². The third-order valence-corrected chi connectivity index (χ3v) is 3.84. The molecule has 0 aromatic carbocycles. The molecule has 3 N–H and O–H groups in total. The summed E-state index contributed by atoms with van der Waals surface area (Å²) in [7, 11) is 1.71. The topological polar surface area (TPSA) is 91.3 Å². The third kappa shape index (κ3) is 5.67. The van der Waals surface area contributed by atoms with E-state index in [1.807, 2.05) is 13.1 Å². The lowest BCUT2D eigenvalue weighted by molar-refractivity contribution is 0.0954. The van der Waals surface area contributed by atoms with Crippen LogP contribution < -0.4 is 16.0 Å². The zero-order chi connectivity index (χ0) is 16.5. The van der Waals surface area contributed by atoms with Gasteiger partial charge in [0.1, 0.15) is 5.01 Å². The van der Waals surface area contributed by atoms with Crippen LogP contribution in [0.15, 0.2) is 35.7 Å². The van der Waals surface area contributed by atoms with E-state index in [4.69, 9.17) is 0 Å². The molecule has 0 saturated carbocycles. The van der Waals surface area contributed by atoms with Crippen LogP contribution in [0.2, 0.25) is 0 Å². The van der Waals surface area contributed by atoms with Crippen LogP contribution in [0.3, 0.4) is 0 Å². The highest BCUT2D eigenvalue weighted by Gasteiger charge is 2.04. The van der Waals surface area contributed by atoms with Gasteiger partial charge in [0.2, 0.25) is 0 Å². The lowest BCUT2D eigenvalue weighted by atomic mass is 10.3. The smallest absolute Gasteiger partial charge is 0.252 e. The molecule has 0 aliphatic heterocycles. The lowest BCUT2D eigenvalue weighted by Gasteiger charge is -2.11. The zero-order valence-corrected chi connectivity index (χ0v) is 14.0. The van der Waals surface area contributed by atoms with Crippen molar-refractivity contribution in [3.63, 3.8) is 0 Å². The standard InChI is InChI=1S/C15H20N6OS/c1-11-8-20-13(23-11)10-21-15(16-2)19-7-6-18-14(22)12-4-3-5-17-9-12/h3-5,8-9H,6-7,10H2,1-2H3,(H,18,22)(H2,16,19,21). The van der Waals surface area contributed by atoms with E-state index in [0.29, 0.717) is 31.2 Å². The molecule has 0 aliphatic carbocycles. The molecule has 1 amide bonds. The van der Waals surface area contributed by atoms with E-state index in [1.54, 1.807) is 42.9 Å². The summed E-state index contributed by atoms with van der Waals surface area (Å²) in [6.07, 6.45) is 5.03. The van der Waals surface area contributed by atoms with Gasteiger partial charge in [-0.15, -0.1) is 11.3 Å². The van der Waals surface area contributed by atoms with Crippen molar-refractivity contribution in [2.75, 3.05) is 20.1 Å². The number of carbonyl (C=O) groups excluding carboxylic acids is 1. The maximum Gasteiger partial charge on any atom is 0.252 e. The van der Waals surface area contributed by atoms with Crippen molar-refractivity contribution in [1.82, 2.24) is 25.9 Å². The van der Waals surface area contributed by atoms with Crippen molar-refractivity contribution >= 4 is 23.2 Å². The Morgan fingerprint density at radius 2 is 2.09 bits per heavy atom. The summed E-state index contributed by atoms with van der Waals surface area (Å²) in [5.74, 6) is 0.537. The van der Waals surface area contributed by atoms with E-state index in [1.165, 1.54) is 4.88 Å². The number of aromatic nitrogens is 2. The van der Waals surface area contributed by atoms with Crippen LogP contribution in [0.4, 0.5) is 0 Å². The molecule has 0 saturated heterocycles. The first-order valence-corrected chi connectivity index (χ1v) is 8.04. The second-order valence-electron chi connectivity index (χ2n) is 4.71. The Labute approximate surface area is 139 Å². The third-order valence-electron chi connectivity index (χ3n) is 2.93. The van der Waals surface area contributed by atoms with Gasteiger partial charge in [-0.25, -0.2) is 4.98 Å². The van der Waals surface area contributed by atoms with E-state index < -0.39 is 0 Å². The number of pyridine rings is 1. The maximum atomic E-state index is 11.8.